The molecule has 0 aliphatic heterocycles. The summed E-state index contributed by atoms with van der Waals surface area (Å²) in [4.78, 5) is 20.6. The van der Waals surface area contributed by atoms with Gasteiger partial charge >= 0.3 is 5.97 Å². The van der Waals surface area contributed by atoms with Crippen molar-refractivity contribution in [1.82, 2.24) is 9.97 Å². The van der Waals surface area contributed by atoms with Gasteiger partial charge < -0.3 is 14.8 Å². The summed E-state index contributed by atoms with van der Waals surface area (Å²) in [5.74, 6) is 1.15. The van der Waals surface area contributed by atoms with Gasteiger partial charge in [0.25, 0.3) is 0 Å². The number of fused-ring (bicyclic) bond motifs is 3. The van der Waals surface area contributed by atoms with Gasteiger partial charge in [0.05, 0.1) is 21.0 Å². The minimum atomic E-state index is -0.976. The standard InChI is InChI=1S/C24H19Cl2N3O3/c25-17-10-5-13(11-18(17)26)12-27-22-20-16-3-1-2-4-19(16)32-23(20)29-21(28-22)14-6-8-15(9-7-14)24(30)31/h5-11H,1-4,12H2,(H,30,31)(H,27,28,29). The Hall–Kier alpha value is -3.09. The minimum absolute atomic E-state index is 0.209. The molecule has 2 aromatic carbocycles. The highest BCUT2D eigenvalue weighted by molar-refractivity contribution is 6.42. The number of halogens is 2. The monoisotopic (exact) mass is 467 g/mol. The first-order valence-corrected chi connectivity index (χ1v) is 11.1. The number of furan rings is 1. The number of nitrogens with one attached hydrogen (secondary N) is 1. The molecule has 5 rings (SSSR count). The van der Waals surface area contributed by atoms with E-state index >= 15 is 0 Å². The Kier molecular flexibility index (Phi) is 5.49. The maximum Gasteiger partial charge on any atom is 0.335 e. The van der Waals surface area contributed by atoms with Gasteiger partial charge in [0.15, 0.2) is 5.82 Å². The number of nitrogens with zero attached hydrogens (tertiary/aromatic N) is 2. The zero-order chi connectivity index (χ0) is 22.2. The third-order valence-electron chi connectivity index (χ3n) is 5.65. The van der Waals surface area contributed by atoms with E-state index < -0.39 is 5.97 Å². The van der Waals surface area contributed by atoms with Gasteiger partial charge in [0.2, 0.25) is 5.71 Å². The van der Waals surface area contributed by atoms with Gasteiger partial charge in [-0.3, -0.25) is 0 Å². The normalized spacial score (nSPS) is 13.2. The number of carboxylic acids is 1. The Morgan fingerprint density at radius 1 is 1.03 bits per heavy atom. The molecular formula is C24H19Cl2N3O3. The summed E-state index contributed by atoms with van der Waals surface area (Å²) in [6.45, 7) is 0.500. The van der Waals surface area contributed by atoms with Gasteiger partial charge in [-0.15, -0.1) is 0 Å². The van der Waals surface area contributed by atoms with Crippen molar-refractivity contribution in [2.45, 2.75) is 32.2 Å². The number of aryl methyl sites for hydroxylation is 2. The zero-order valence-corrected chi connectivity index (χ0v) is 18.5. The zero-order valence-electron chi connectivity index (χ0n) is 17.0. The molecule has 32 heavy (non-hydrogen) atoms. The second kappa shape index (κ2) is 8.45. The Morgan fingerprint density at radius 2 is 1.81 bits per heavy atom. The van der Waals surface area contributed by atoms with E-state index in [1.807, 2.05) is 12.1 Å². The molecule has 2 aromatic heterocycles. The predicted octanol–water partition coefficient (Wildman–Crippen LogP) is 6.39. The van der Waals surface area contributed by atoms with E-state index in [1.54, 1.807) is 30.3 Å². The highest BCUT2D eigenvalue weighted by atomic mass is 35.5. The first kappa shape index (κ1) is 20.8. The molecular weight excluding hydrogens is 449 g/mol. The van der Waals surface area contributed by atoms with Crippen LogP contribution in [-0.2, 0) is 19.4 Å². The molecule has 0 fully saturated rings. The predicted molar refractivity (Wildman–Crippen MR) is 125 cm³/mol. The molecule has 162 valence electrons. The average molecular weight is 468 g/mol. The highest BCUT2D eigenvalue weighted by Gasteiger charge is 2.23. The van der Waals surface area contributed by atoms with Crippen molar-refractivity contribution in [1.29, 1.82) is 0 Å². The molecule has 0 spiro atoms. The third-order valence-corrected chi connectivity index (χ3v) is 6.39. The Labute approximate surface area is 194 Å². The van der Waals surface area contributed by atoms with E-state index in [1.165, 1.54) is 0 Å². The summed E-state index contributed by atoms with van der Waals surface area (Å²) in [6.07, 6.45) is 4.02. The molecule has 0 unspecified atom stereocenters. The van der Waals surface area contributed by atoms with Crippen molar-refractivity contribution in [3.05, 3.63) is 75.0 Å². The summed E-state index contributed by atoms with van der Waals surface area (Å²) in [7, 11) is 0. The lowest BCUT2D eigenvalue weighted by molar-refractivity contribution is 0.0697. The number of aromatic carboxylic acids is 1. The van der Waals surface area contributed by atoms with E-state index in [0.717, 1.165) is 48.0 Å². The topological polar surface area (TPSA) is 88.2 Å². The van der Waals surface area contributed by atoms with E-state index in [-0.39, 0.29) is 5.56 Å². The van der Waals surface area contributed by atoms with Crippen molar-refractivity contribution in [2.24, 2.45) is 0 Å². The van der Waals surface area contributed by atoms with Crippen molar-refractivity contribution < 1.29 is 14.3 Å². The van der Waals surface area contributed by atoms with Gasteiger partial charge in [-0.05, 0) is 49.1 Å². The van der Waals surface area contributed by atoms with E-state index in [2.05, 4.69) is 10.3 Å². The van der Waals surface area contributed by atoms with Crippen LogP contribution in [0.1, 0.15) is 40.1 Å². The summed E-state index contributed by atoms with van der Waals surface area (Å²) in [5, 5.41) is 14.5. The summed E-state index contributed by atoms with van der Waals surface area (Å²) >= 11 is 12.2. The van der Waals surface area contributed by atoms with Gasteiger partial charge in [-0.1, -0.05) is 41.4 Å². The van der Waals surface area contributed by atoms with Crippen LogP contribution in [-0.4, -0.2) is 21.0 Å². The average Bonchev–Trinajstić information content (AvgIpc) is 3.18. The van der Waals surface area contributed by atoms with Crippen LogP contribution < -0.4 is 5.32 Å². The van der Waals surface area contributed by atoms with Crippen LogP contribution in [0.3, 0.4) is 0 Å². The Morgan fingerprint density at radius 3 is 2.56 bits per heavy atom. The van der Waals surface area contributed by atoms with Crippen LogP contribution in [0.25, 0.3) is 22.5 Å². The molecule has 6 nitrogen and oxygen atoms in total. The molecule has 2 N–H and O–H groups in total. The number of hydrogen-bond donors (Lipinski definition) is 2. The number of aromatic nitrogens is 2. The fourth-order valence-corrected chi connectivity index (χ4v) is 4.33. The molecule has 1 aliphatic carbocycles. The lowest BCUT2D eigenvalue weighted by Gasteiger charge is -2.12. The largest absolute Gasteiger partial charge is 0.478 e. The van der Waals surface area contributed by atoms with Gasteiger partial charge in [-0.2, -0.15) is 4.98 Å². The summed E-state index contributed by atoms with van der Waals surface area (Å²) < 4.78 is 6.12. The molecule has 0 saturated carbocycles. The maximum absolute atomic E-state index is 11.2. The molecule has 4 aromatic rings. The highest BCUT2D eigenvalue weighted by Crippen LogP contribution is 2.36. The van der Waals surface area contributed by atoms with Crippen molar-refractivity contribution in [3.8, 4) is 11.4 Å². The van der Waals surface area contributed by atoms with Crippen LogP contribution in [0.5, 0.6) is 0 Å². The van der Waals surface area contributed by atoms with E-state index in [4.69, 9.17) is 37.7 Å². The summed E-state index contributed by atoms with van der Waals surface area (Å²) in [5.41, 5.74) is 3.59. The van der Waals surface area contributed by atoms with Gasteiger partial charge in [0, 0.05) is 24.1 Å². The van der Waals surface area contributed by atoms with Crippen LogP contribution >= 0.6 is 23.2 Å². The number of carboxylic acid groups (broad SMARTS) is 1. The molecule has 0 bridgehead atoms. The maximum atomic E-state index is 11.2. The summed E-state index contributed by atoms with van der Waals surface area (Å²) in [6, 6.07) is 12.0. The number of hydrogen-bond acceptors (Lipinski definition) is 5. The number of benzene rings is 2. The van der Waals surface area contributed by atoms with Gasteiger partial charge in [0.1, 0.15) is 11.6 Å². The lowest BCUT2D eigenvalue weighted by atomic mass is 9.96. The second-order valence-corrected chi connectivity index (χ2v) is 8.59. The molecule has 0 radical (unpaired) electrons. The molecule has 8 heteroatoms. The smallest absolute Gasteiger partial charge is 0.335 e. The minimum Gasteiger partial charge on any atom is -0.478 e. The molecule has 2 heterocycles. The van der Waals surface area contributed by atoms with Crippen molar-refractivity contribution in [3.63, 3.8) is 0 Å². The van der Waals surface area contributed by atoms with E-state index in [9.17, 15) is 4.79 Å². The molecule has 0 atom stereocenters. The Balaban J connectivity index is 1.57. The van der Waals surface area contributed by atoms with Crippen molar-refractivity contribution >= 4 is 46.1 Å². The quantitative estimate of drug-likeness (QED) is 0.353. The van der Waals surface area contributed by atoms with Crippen molar-refractivity contribution in [2.75, 3.05) is 5.32 Å². The molecule has 1 aliphatic rings. The number of anilines is 1. The number of rotatable bonds is 5. The van der Waals surface area contributed by atoms with Crippen LogP contribution in [0.2, 0.25) is 10.0 Å². The SMILES string of the molecule is O=C(O)c1ccc(-c2nc(NCc3ccc(Cl)c(Cl)c3)c3c4c(oc3n2)CCCC4)cc1. The molecule has 0 saturated heterocycles. The fraction of sp³-hybridized carbons (Fsp3) is 0.208. The Bertz CT molecular complexity index is 1330. The van der Waals surface area contributed by atoms with Crippen LogP contribution in [0.4, 0.5) is 5.82 Å². The first-order valence-electron chi connectivity index (χ1n) is 10.3. The van der Waals surface area contributed by atoms with Crippen LogP contribution in [0, 0.1) is 0 Å². The van der Waals surface area contributed by atoms with E-state index in [0.29, 0.717) is 39.5 Å². The molecule has 0 amide bonds. The second-order valence-electron chi connectivity index (χ2n) is 7.77. The number of carbonyl (C=O) groups is 1. The first-order chi connectivity index (χ1) is 15.5. The third kappa shape index (κ3) is 3.92. The lowest BCUT2D eigenvalue weighted by Crippen LogP contribution is -2.06. The van der Waals surface area contributed by atoms with Gasteiger partial charge in [-0.25, -0.2) is 9.78 Å². The van der Waals surface area contributed by atoms with Crippen LogP contribution in [0.15, 0.2) is 46.9 Å². The fourth-order valence-electron chi connectivity index (χ4n) is 4.01.